The molecule has 0 aliphatic heterocycles. The first kappa shape index (κ1) is 20.7. The van der Waals surface area contributed by atoms with Crippen molar-refractivity contribution in [2.45, 2.75) is 13.0 Å². The maximum atomic E-state index is 12.6. The second kappa shape index (κ2) is 8.96. The molecule has 0 unspecified atom stereocenters. The minimum atomic E-state index is -3.62. The van der Waals surface area contributed by atoms with Crippen molar-refractivity contribution in [2.75, 3.05) is 23.7 Å². The summed E-state index contributed by atoms with van der Waals surface area (Å²) in [6.45, 7) is 2.10. The van der Waals surface area contributed by atoms with Gasteiger partial charge in [-0.05, 0) is 30.5 Å². The lowest BCUT2D eigenvalue weighted by atomic mass is 10.1. The molecule has 0 spiro atoms. The molecule has 0 aromatic heterocycles. The number of hydrogen-bond acceptors (Lipinski definition) is 4. The summed E-state index contributed by atoms with van der Waals surface area (Å²) < 4.78 is 31.4. The van der Waals surface area contributed by atoms with Crippen LogP contribution in [-0.4, -0.2) is 39.8 Å². The number of anilines is 1. The van der Waals surface area contributed by atoms with Crippen LogP contribution in [0.15, 0.2) is 72.8 Å². The van der Waals surface area contributed by atoms with Gasteiger partial charge in [0.2, 0.25) is 15.9 Å². The number of carbonyl (C=O) groups excluding carboxylic acids is 1. The van der Waals surface area contributed by atoms with Crippen LogP contribution < -0.4 is 14.4 Å². The molecule has 7 heteroatoms. The van der Waals surface area contributed by atoms with E-state index in [1.165, 1.54) is 0 Å². The second-order valence-electron chi connectivity index (χ2n) is 6.69. The van der Waals surface area contributed by atoms with Crippen LogP contribution in [0.3, 0.4) is 0 Å². The lowest BCUT2D eigenvalue weighted by molar-refractivity contribution is -0.121. The number of nitrogens with one attached hydrogen (secondary N) is 1. The van der Waals surface area contributed by atoms with Crippen LogP contribution >= 0.6 is 0 Å². The lowest BCUT2D eigenvalue weighted by Crippen LogP contribution is -2.48. The molecule has 0 radical (unpaired) electrons. The maximum Gasteiger partial charge on any atom is 0.243 e. The normalized spacial score (nSPS) is 12.3. The number of fused-ring (bicyclic) bond motifs is 1. The molecule has 0 saturated carbocycles. The van der Waals surface area contributed by atoms with Gasteiger partial charge in [-0.3, -0.25) is 9.10 Å². The highest BCUT2D eigenvalue weighted by Crippen LogP contribution is 2.25. The van der Waals surface area contributed by atoms with Crippen molar-refractivity contribution in [1.29, 1.82) is 0 Å². The molecule has 152 valence electrons. The van der Waals surface area contributed by atoms with Gasteiger partial charge < -0.3 is 10.1 Å². The van der Waals surface area contributed by atoms with E-state index in [0.717, 1.165) is 27.1 Å². The van der Waals surface area contributed by atoms with Crippen molar-refractivity contribution in [3.05, 3.63) is 72.8 Å². The molecular weight excluding hydrogens is 388 g/mol. The Morgan fingerprint density at radius 3 is 2.38 bits per heavy atom. The molecule has 0 heterocycles. The van der Waals surface area contributed by atoms with Gasteiger partial charge in [-0.1, -0.05) is 54.6 Å². The number of benzene rings is 3. The summed E-state index contributed by atoms with van der Waals surface area (Å²) in [6, 6.07) is 21.4. The van der Waals surface area contributed by atoms with Crippen LogP contribution in [0.2, 0.25) is 0 Å². The molecule has 1 N–H and O–H groups in total. The van der Waals surface area contributed by atoms with E-state index in [9.17, 15) is 13.2 Å². The van der Waals surface area contributed by atoms with Crippen LogP contribution in [0, 0.1) is 0 Å². The molecule has 3 aromatic rings. The Kier molecular flexibility index (Phi) is 6.39. The van der Waals surface area contributed by atoms with Crippen LogP contribution in [0.4, 0.5) is 5.69 Å². The fourth-order valence-electron chi connectivity index (χ4n) is 3.19. The van der Waals surface area contributed by atoms with E-state index in [-0.39, 0.29) is 19.1 Å². The topological polar surface area (TPSA) is 75.7 Å². The Morgan fingerprint density at radius 1 is 1.00 bits per heavy atom. The predicted molar refractivity (Wildman–Crippen MR) is 116 cm³/mol. The van der Waals surface area contributed by atoms with Gasteiger partial charge in [-0.15, -0.1) is 0 Å². The molecular formula is C22H24N2O4S. The van der Waals surface area contributed by atoms with Gasteiger partial charge in [-0.25, -0.2) is 8.42 Å². The number of nitrogens with zero attached hydrogens (tertiary/aromatic N) is 1. The number of amides is 1. The van der Waals surface area contributed by atoms with Crippen molar-refractivity contribution in [3.8, 4) is 5.75 Å². The van der Waals surface area contributed by atoms with Gasteiger partial charge in [0.25, 0.3) is 0 Å². The molecule has 0 fully saturated rings. The molecule has 6 nitrogen and oxygen atoms in total. The number of sulfonamides is 1. The van der Waals surface area contributed by atoms with Gasteiger partial charge >= 0.3 is 0 Å². The number of carbonyl (C=O) groups is 1. The third kappa shape index (κ3) is 5.06. The number of para-hydroxylation sites is 1. The van der Waals surface area contributed by atoms with E-state index in [1.54, 1.807) is 37.3 Å². The standard InChI is InChI=1S/C22H24N2O4S/c1-17(24(29(2,26)27)19-11-4-3-5-12-19)22(25)23-15-16-28-21-14-8-10-18-9-6-7-13-20(18)21/h3-14,17H,15-16H2,1-2H3,(H,23,25)/t17-/m0/s1. The summed E-state index contributed by atoms with van der Waals surface area (Å²) >= 11 is 0. The van der Waals surface area contributed by atoms with Crippen LogP contribution in [0.1, 0.15) is 6.92 Å². The van der Waals surface area contributed by atoms with E-state index in [2.05, 4.69) is 5.32 Å². The highest BCUT2D eigenvalue weighted by molar-refractivity contribution is 7.92. The Hall–Kier alpha value is -3.06. The van der Waals surface area contributed by atoms with Crippen molar-refractivity contribution >= 4 is 32.4 Å². The van der Waals surface area contributed by atoms with Gasteiger partial charge in [0.05, 0.1) is 18.5 Å². The molecule has 1 atom stereocenters. The zero-order valence-corrected chi connectivity index (χ0v) is 17.2. The van der Waals surface area contributed by atoms with E-state index >= 15 is 0 Å². The SMILES string of the molecule is C[C@@H](C(=O)NCCOc1cccc2ccccc12)N(c1ccccc1)S(C)(=O)=O. The van der Waals surface area contributed by atoms with Crippen molar-refractivity contribution < 1.29 is 17.9 Å². The molecule has 3 aromatic carbocycles. The quantitative estimate of drug-likeness (QED) is 0.577. The Morgan fingerprint density at radius 2 is 1.66 bits per heavy atom. The van der Waals surface area contributed by atoms with Gasteiger partial charge in [0.15, 0.2) is 0 Å². The first-order chi connectivity index (χ1) is 13.9. The molecule has 0 aliphatic rings. The van der Waals surface area contributed by atoms with E-state index in [0.29, 0.717) is 5.69 Å². The summed E-state index contributed by atoms with van der Waals surface area (Å²) in [5.41, 5.74) is 0.449. The molecule has 0 aliphatic carbocycles. The van der Waals surface area contributed by atoms with Crippen LogP contribution in [0.5, 0.6) is 5.75 Å². The zero-order chi connectivity index (χ0) is 20.9. The third-order valence-electron chi connectivity index (χ3n) is 4.51. The fraction of sp³-hybridized carbons (Fsp3) is 0.227. The van der Waals surface area contributed by atoms with E-state index in [4.69, 9.17) is 4.74 Å². The summed E-state index contributed by atoms with van der Waals surface area (Å²) in [5.74, 6) is 0.355. The van der Waals surface area contributed by atoms with Crippen molar-refractivity contribution in [1.82, 2.24) is 5.32 Å². The van der Waals surface area contributed by atoms with Crippen molar-refractivity contribution in [3.63, 3.8) is 0 Å². The largest absolute Gasteiger partial charge is 0.491 e. The average Bonchev–Trinajstić information content (AvgIpc) is 2.71. The first-order valence-corrected chi connectivity index (χ1v) is 11.2. The number of ether oxygens (including phenoxy) is 1. The third-order valence-corrected chi connectivity index (χ3v) is 5.75. The summed E-state index contributed by atoms with van der Waals surface area (Å²) in [7, 11) is -3.62. The Labute approximate surface area is 171 Å². The van der Waals surface area contributed by atoms with Gasteiger partial charge in [0, 0.05) is 5.39 Å². The molecule has 3 rings (SSSR count). The van der Waals surface area contributed by atoms with Crippen LogP contribution in [0.25, 0.3) is 10.8 Å². The lowest BCUT2D eigenvalue weighted by Gasteiger charge is -2.28. The maximum absolute atomic E-state index is 12.6. The predicted octanol–water partition coefficient (Wildman–Crippen LogP) is 3.19. The molecule has 0 bridgehead atoms. The van der Waals surface area contributed by atoms with Gasteiger partial charge in [0.1, 0.15) is 18.4 Å². The minimum Gasteiger partial charge on any atom is -0.491 e. The van der Waals surface area contributed by atoms with Gasteiger partial charge in [-0.2, -0.15) is 0 Å². The Balaban J connectivity index is 1.61. The summed E-state index contributed by atoms with van der Waals surface area (Å²) in [4.78, 5) is 12.6. The van der Waals surface area contributed by atoms with Crippen molar-refractivity contribution in [2.24, 2.45) is 0 Å². The highest BCUT2D eigenvalue weighted by atomic mass is 32.2. The van der Waals surface area contributed by atoms with E-state index < -0.39 is 16.1 Å². The minimum absolute atomic E-state index is 0.263. The second-order valence-corrected chi connectivity index (χ2v) is 8.55. The number of hydrogen-bond donors (Lipinski definition) is 1. The van der Waals surface area contributed by atoms with E-state index in [1.807, 2.05) is 42.5 Å². The van der Waals surface area contributed by atoms with Crippen LogP contribution in [-0.2, 0) is 14.8 Å². The zero-order valence-electron chi connectivity index (χ0n) is 16.4. The fourth-order valence-corrected chi connectivity index (χ4v) is 4.36. The average molecular weight is 413 g/mol. The summed E-state index contributed by atoms with van der Waals surface area (Å²) in [5, 5.41) is 4.83. The first-order valence-electron chi connectivity index (χ1n) is 9.30. The molecule has 0 saturated heterocycles. The smallest absolute Gasteiger partial charge is 0.243 e. The highest BCUT2D eigenvalue weighted by Gasteiger charge is 2.28. The number of rotatable bonds is 8. The Bertz CT molecular complexity index is 1080. The molecule has 29 heavy (non-hydrogen) atoms. The summed E-state index contributed by atoms with van der Waals surface area (Å²) in [6.07, 6.45) is 1.09. The monoisotopic (exact) mass is 412 g/mol. The molecule has 1 amide bonds.